The summed E-state index contributed by atoms with van der Waals surface area (Å²) in [5, 5.41) is 8.31. The molecule has 0 saturated heterocycles. The molecule has 0 spiro atoms. The summed E-state index contributed by atoms with van der Waals surface area (Å²) in [5.41, 5.74) is 2.25. The average Bonchev–Trinajstić information content (AvgIpc) is 2.80. The number of para-hydroxylation sites is 1. The molecule has 0 bridgehead atoms. The van der Waals surface area contributed by atoms with Gasteiger partial charge in [0, 0.05) is 32.1 Å². The Morgan fingerprint density at radius 1 is 1.00 bits per heavy atom. The molecule has 1 heterocycles. The Bertz CT molecular complexity index is 998. The Morgan fingerprint density at radius 2 is 1.81 bits per heavy atom. The number of fused-ring (bicyclic) bond motifs is 1. The zero-order valence-electron chi connectivity index (χ0n) is 18.8. The molecule has 3 aromatic rings. The third kappa shape index (κ3) is 5.44. The highest BCUT2D eigenvalue weighted by molar-refractivity contribution is 5.90. The first-order chi connectivity index (χ1) is 15.1. The minimum atomic E-state index is 0.436. The third-order valence-electron chi connectivity index (χ3n) is 6.08. The molecule has 164 valence electrons. The molecule has 0 atom stereocenters. The summed E-state index contributed by atoms with van der Waals surface area (Å²) < 4.78 is 5.31. The lowest BCUT2D eigenvalue weighted by molar-refractivity contribution is 0.323. The van der Waals surface area contributed by atoms with Gasteiger partial charge in [-0.2, -0.15) is 4.98 Å². The van der Waals surface area contributed by atoms with E-state index in [1.165, 1.54) is 18.4 Å². The standard InChI is InChI=1S/C25H33N5O/c1-30(2)24-22-9-4-5-10-23(22)28-25(29-24)27-20-13-11-18(12-14-20)16-26-17-19-7-6-8-21(15-19)31-3/h4-10,15,18,20,26H,11-14,16-17H2,1-3H3,(H,27,28,29)/t18-,20+. The van der Waals surface area contributed by atoms with Gasteiger partial charge in [-0.3, -0.25) is 0 Å². The number of nitrogens with one attached hydrogen (secondary N) is 2. The fourth-order valence-electron chi connectivity index (χ4n) is 4.36. The van der Waals surface area contributed by atoms with Crippen LogP contribution in [0.25, 0.3) is 10.9 Å². The van der Waals surface area contributed by atoms with Crippen LogP contribution in [0.3, 0.4) is 0 Å². The number of nitrogens with zero attached hydrogens (tertiary/aromatic N) is 3. The molecule has 0 unspecified atom stereocenters. The lowest BCUT2D eigenvalue weighted by atomic mass is 9.86. The molecule has 1 saturated carbocycles. The summed E-state index contributed by atoms with van der Waals surface area (Å²) in [4.78, 5) is 11.6. The Labute approximate surface area is 185 Å². The van der Waals surface area contributed by atoms with Crippen LogP contribution in [0.5, 0.6) is 5.75 Å². The van der Waals surface area contributed by atoms with Gasteiger partial charge in [0.1, 0.15) is 11.6 Å². The fraction of sp³-hybridized carbons (Fsp3) is 0.440. The maximum absolute atomic E-state index is 5.31. The largest absolute Gasteiger partial charge is 0.497 e. The van der Waals surface area contributed by atoms with Crippen molar-refractivity contribution in [3.8, 4) is 5.75 Å². The monoisotopic (exact) mass is 419 g/mol. The van der Waals surface area contributed by atoms with Crippen molar-refractivity contribution in [2.45, 2.75) is 38.3 Å². The summed E-state index contributed by atoms with van der Waals surface area (Å²) in [6, 6.07) is 16.9. The van der Waals surface area contributed by atoms with Crippen LogP contribution in [0.1, 0.15) is 31.2 Å². The van der Waals surface area contributed by atoms with E-state index in [4.69, 9.17) is 14.7 Å². The molecule has 2 N–H and O–H groups in total. The zero-order chi connectivity index (χ0) is 21.6. The van der Waals surface area contributed by atoms with Gasteiger partial charge in [-0.05, 0) is 68.0 Å². The molecule has 1 aromatic heterocycles. The quantitative estimate of drug-likeness (QED) is 0.562. The van der Waals surface area contributed by atoms with E-state index in [1.54, 1.807) is 7.11 Å². The molecule has 0 amide bonds. The predicted molar refractivity (Wildman–Crippen MR) is 128 cm³/mol. The summed E-state index contributed by atoms with van der Waals surface area (Å²) in [6.45, 7) is 1.94. The molecule has 31 heavy (non-hydrogen) atoms. The number of rotatable bonds is 8. The summed E-state index contributed by atoms with van der Waals surface area (Å²) >= 11 is 0. The van der Waals surface area contributed by atoms with Gasteiger partial charge < -0.3 is 20.3 Å². The van der Waals surface area contributed by atoms with Crippen LogP contribution in [0, 0.1) is 5.92 Å². The molecule has 0 radical (unpaired) electrons. The fourth-order valence-corrected chi connectivity index (χ4v) is 4.36. The van der Waals surface area contributed by atoms with Crippen LogP contribution >= 0.6 is 0 Å². The Balaban J connectivity index is 1.28. The maximum Gasteiger partial charge on any atom is 0.225 e. The second-order valence-electron chi connectivity index (χ2n) is 8.63. The smallest absolute Gasteiger partial charge is 0.225 e. The summed E-state index contributed by atoms with van der Waals surface area (Å²) in [5.74, 6) is 3.34. The molecule has 1 aliphatic carbocycles. The van der Waals surface area contributed by atoms with E-state index in [0.29, 0.717) is 6.04 Å². The van der Waals surface area contributed by atoms with E-state index in [-0.39, 0.29) is 0 Å². The Morgan fingerprint density at radius 3 is 2.58 bits per heavy atom. The van der Waals surface area contributed by atoms with Gasteiger partial charge in [-0.15, -0.1) is 0 Å². The predicted octanol–water partition coefficient (Wildman–Crippen LogP) is 4.46. The highest BCUT2D eigenvalue weighted by atomic mass is 16.5. The van der Waals surface area contributed by atoms with Crippen molar-refractivity contribution in [1.82, 2.24) is 15.3 Å². The summed E-state index contributed by atoms with van der Waals surface area (Å²) in [7, 11) is 5.77. The molecule has 6 heteroatoms. The first-order valence-electron chi connectivity index (χ1n) is 11.2. The molecule has 1 aliphatic rings. The summed E-state index contributed by atoms with van der Waals surface area (Å²) in [6.07, 6.45) is 4.74. The third-order valence-corrected chi connectivity index (χ3v) is 6.08. The second kappa shape index (κ2) is 9.96. The normalized spacial score (nSPS) is 18.7. The van der Waals surface area contributed by atoms with E-state index < -0.39 is 0 Å². The highest BCUT2D eigenvalue weighted by Gasteiger charge is 2.22. The van der Waals surface area contributed by atoms with Gasteiger partial charge in [0.05, 0.1) is 12.6 Å². The molecule has 2 aromatic carbocycles. The van der Waals surface area contributed by atoms with Gasteiger partial charge in [0.15, 0.2) is 0 Å². The van der Waals surface area contributed by atoms with Crippen LogP contribution in [0.2, 0.25) is 0 Å². The van der Waals surface area contributed by atoms with E-state index >= 15 is 0 Å². The van der Waals surface area contributed by atoms with Crippen molar-refractivity contribution in [2.24, 2.45) is 5.92 Å². The SMILES string of the molecule is COc1cccc(CNC[C@H]2CC[C@@H](Nc3nc(N(C)C)c4ccccc4n3)CC2)c1. The zero-order valence-corrected chi connectivity index (χ0v) is 18.8. The van der Waals surface area contributed by atoms with Crippen LogP contribution in [-0.4, -0.2) is 43.8 Å². The van der Waals surface area contributed by atoms with Crippen molar-refractivity contribution in [3.05, 3.63) is 54.1 Å². The minimum absolute atomic E-state index is 0.436. The Kier molecular flexibility index (Phi) is 6.87. The molecule has 0 aliphatic heterocycles. The van der Waals surface area contributed by atoms with E-state index in [9.17, 15) is 0 Å². The van der Waals surface area contributed by atoms with Crippen molar-refractivity contribution in [1.29, 1.82) is 0 Å². The van der Waals surface area contributed by atoms with Gasteiger partial charge >= 0.3 is 0 Å². The van der Waals surface area contributed by atoms with Gasteiger partial charge in [0.25, 0.3) is 0 Å². The topological polar surface area (TPSA) is 62.3 Å². The molecular weight excluding hydrogens is 386 g/mol. The maximum atomic E-state index is 5.31. The highest BCUT2D eigenvalue weighted by Crippen LogP contribution is 2.28. The van der Waals surface area contributed by atoms with Crippen LogP contribution in [-0.2, 0) is 6.54 Å². The van der Waals surface area contributed by atoms with Gasteiger partial charge in [0.2, 0.25) is 5.95 Å². The van der Waals surface area contributed by atoms with E-state index in [1.807, 2.05) is 38.4 Å². The van der Waals surface area contributed by atoms with Gasteiger partial charge in [-0.1, -0.05) is 24.3 Å². The second-order valence-corrected chi connectivity index (χ2v) is 8.63. The molecule has 6 nitrogen and oxygen atoms in total. The van der Waals surface area contributed by atoms with Crippen molar-refractivity contribution >= 4 is 22.7 Å². The Hall–Kier alpha value is -2.86. The number of aromatic nitrogens is 2. The van der Waals surface area contributed by atoms with Gasteiger partial charge in [-0.25, -0.2) is 4.98 Å². The first kappa shape index (κ1) is 21.4. The molecule has 4 rings (SSSR count). The molecular formula is C25H33N5O. The number of methoxy groups -OCH3 is 1. The number of hydrogen-bond donors (Lipinski definition) is 2. The van der Waals surface area contributed by atoms with Crippen molar-refractivity contribution in [3.63, 3.8) is 0 Å². The van der Waals surface area contributed by atoms with Crippen molar-refractivity contribution in [2.75, 3.05) is 38.0 Å². The number of benzene rings is 2. The number of anilines is 2. The molecule has 1 fully saturated rings. The van der Waals surface area contributed by atoms with Crippen LogP contribution in [0.15, 0.2) is 48.5 Å². The first-order valence-corrected chi connectivity index (χ1v) is 11.2. The lowest BCUT2D eigenvalue weighted by Crippen LogP contribution is -2.31. The van der Waals surface area contributed by atoms with Crippen LogP contribution < -0.4 is 20.3 Å². The lowest BCUT2D eigenvalue weighted by Gasteiger charge is -2.29. The van der Waals surface area contributed by atoms with E-state index in [0.717, 1.165) is 60.3 Å². The van der Waals surface area contributed by atoms with Crippen LogP contribution in [0.4, 0.5) is 11.8 Å². The minimum Gasteiger partial charge on any atom is -0.497 e. The van der Waals surface area contributed by atoms with Crippen molar-refractivity contribution < 1.29 is 4.74 Å². The van der Waals surface area contributed by atoms with E-state index in [2.05, 4.69) is 39.8 Å². The average molecular weight is 420 g/mol. The number of ether oxygens (including phenoxy) is 1. The number of hydrogen-bond acceptors (Lipinski definition) is 6.